The number of rotatable bonds is 4. The molecular formula is C21H23NO4S. The zero-order valence-corrected chi connectivity index (χ0v) is 15.9. The molecule has 1 aliphatic heterocycles. The van der Waals surface area contributed by atoms with Crippen LogP contribution in [0.4, 0.5) is 5.69 Å². The minimum absolute atomic E-state index is 0.253. The van der Waals surface area contributed by atoms with E-state index in [0.29, 0.717) is 16.1 Å². The first-order valence-electron chi connectivity index (χ1n) is 9.45. The molecule has 1 aliphatic carbocycles. The minimum atomic E-state index is -3.30. The summed E-state index contributed by atoms with van der Waals surface area (Å²) < 4.78 is 30.8. The lowest BCUT2D eigenvalue weighted by Gasteiger charge is -2.18. The number of carbonyl (C=O) groups is 1. The van der Waals surface area contributed by atoms with Gasteiger partial charge >= 0.3 is 0 Å². The summed E-state index contributed by atoms with van der Waals surface area (Å²) in [5.74, 6) is 0.622. The Bertz CT molecular complexity index is 945. The van der Waals surface area contributed by atoms with E-state index in [9.17, 15) is 13.2 Å². The number of sulfone groups is 1. The quantitative estimate of drug-likeness (QED) is 0.864. The maximum absolute atomic E-state index is 12.6. The monoisotopic (exact) mass is 385 g/mol. The van der Waals surface area contributed by atoms with Gasteiger partial charge in [0.15, 0.2) is 9.84 Å². The molecule has 1 amide bonds. The highest BCUT2D eigenvalue weighted by atomic mass is 32.2. The van der Waals surface area contributed by atoms with Crippen LogP contribution in [0.25, 0.3) is 0 Å². The van der Waals surface area contributed by atoms with Gasteiger partial charge in [0, 0.05) is 11.3 Å². The number of amides is 1. The van der Waals surface area contributed by atoms with E-state index >= 15 is 0 Å². The van der Waals surface area contributed by atoms with Crippen LogP contribution in [0.2, 0.25) is 0 Å². The van der Waals surface area contributed by atoms with E-state index in [1.165, 1.54) is 0 Å². The maximum Gasteiger partial charge on any atom is 0.255 e. The Morgan fingerprint density at radius 2 is 1.74 bits per heavy atom. The molecule has 0 unspecified atom stereocenters. The zero-order chi connectivity index (χ0) is 18.9. The fourth-order valence-electron chi connectivity index (χ4n) is 3.83. The molecular weight excluding hydrogens is 362 g/mol. The standard InChI is InChI=1S/C21H23NO4S/c23-21(22-17-9-12-20-16(14-17)4-3-13-26-20)15-7-10-19(11-8-15)27(24,25)18-5-1-2-6-18/h7-12,14,18H,1-6,13H2,(H,22,23). The van der Waals surface area contributed by atoms with Crippen LogP contribution in [0.5, 0.6) is 5.75 Å². The molecule has 0 aromatic heterocycles. The number of anilines is 1. The molecule has 2 aromatic carbocycles. The highest BCUT2D eigenvalue weighted by Gasteiger charge is 2.30. The third kappa shape index (κ3) is 3.72. The van der Waals surface area contributed by atoms with E-state index in [1.54, 1.807) is 24.3 Å². The van der Waals surface area contributed by atoms with Crippen LogP contribution in [-0.2, 0) is 16.3 Å². The number of hydrogen-bond acceptors (Lipinski definition) is 4. The molecule has 27 heavy (non-hydrogen) atoms. The molecule has 0 spiro atoms. The van der Waals surface area contributed by atoms with Crippen LogP contribution in [0.3, 0.4) is 0 Å². The van der Waals surface area contributed by atoms with Gasteiger partial charge in [-0.25, -0.2) is 8.42 Å². The van der Waals surface area contributed by atoms with Crippen molar-refractivity contribution in [3.8, 4) is 5.75 Å². The van der Waals surface area contributed by atoms with E-state index in [2.05, 4.69) is 5.32 Å². The molecule has 0 bridgehead atoms. The van der Waals surface area contributed by atoms with Crippen molar-refractivity contribution in [2.75, 3.05) is 11.9 Å². The highest BCUT2D eigenvalue weighted by molar-refractivity contribution is 7.92. The molecule has 0 radical (unpaired) electrons. The summed E-state index contributed by atoms with van der Waals surface area (Å²) in [6.07, 6.45) is 5.31. The normalized spacial score (nSPS) is 17.2. The molecule has 2 aromatic rings. The molecule has 0 saturated heterocycles. The van der Waals surface area contributed by atoms with E-state index < -0.39 is 9.84 Å². The summed E-state index contributed by atoms with van der Waals surface area (Å²) in [6.45, 7) is 0.731. The number of aryl methyl sites for hydroxylation is 1. The number of carbonyl (C=O) groups excluding carboxylic acids is 1. The van der Waals surface area contributed by atoms with Gasteiger partial charge in [-0.3, -0.25) is 4.79 Å². The van der Waals surface area contributed by atoms with Crippen molar-refractivity contribution in [2.24, 2.45) is 0 Å². The van der Waals surface area contributed by atoms with Gasteiger partial charge in [-0.15, -0.1) is 0 Å². The van der Waals surface area contributed by atoms with Crippen LogP contribution >= 0.6 is 0 Å². The minimum Gasteiger partial charge on any atom is -0.493 e. The molecule has 1 N–H and O–H groups in total. The lowest BCUT2D eigenvalue weighted by atomic mass is 10.1. The fraction of sp³-hybridized carbons (Fsp3) is 0.381. The molecule has 142 valence electrons. The number of nitrogens with one attached hydrogen (secondary N) is 1. The van der Waals surface area contributed by atoms with Gasteiger partial charge in [0.1, 0.15) is 5.75 Å². The first-order valence-corrected chi connectivity index (χ1v) is 11.0. The Balaban J connectivity index is 1.48. The summed E-state index contributed by atoms with van der Waals surface area (Å²) in [4.78, 5) is 12.8. The molecule has 1 saturated carbocycles. The van der Waals surface area contributed by atoms with Gasteiger partial charge in [0.2, 0.25) is 0 Å². The largest absolute Gasteiger partial charge is 0.493 e. The van der Waals surface area contributed by atoms with Gasteiger partial charge in [-0.1, -0.05) is 12.8 Å². The average molecular weight is 385 g/mol. The Kier molecular flexibility index (Phi) is 4.91. The topological polar surface area (TPSA) is 72.5 Å². The number of ether oxygens (including phenoxy) is 1. The van der Waals surface area contributed by atoms with Crippen molar-refractivity contribution in [1.82, 2.24) is 0 Å². The SMILES string of the molecule is O=C(Nc1ccc2c(c1)CCCO2)c1ccc(S(=O)(=O)C2CCCC2)cc1. The van der Waals surface area contributed by atoms with Crippen molar-refractivity contribution in [3.05, 3.63) is 53.6 Å². The maximum atomic E-state index is 12.6. The predicted molar refractivity (Wildman–Crippen MR) is 104 cm³/mol. The molecule has 2 aliphatic rings. The first-order chi connectivity index (χ1) is 13.0. The molecule has 6 heteroatoms. The predicted octanol–water partition coefficient (Wildman–Crippen LogP) is 3.98. The lowest BCUT2D eigenvalue weighted by Crippen LogP contribution is -2.18. The number of hydrogen-bond donors (Lipinski definition) is 1. The summed E-state index contributed by atoms with van der Waals surface area (Å²) in [5, 5.41) is 2.60. The lowest BCUT2D eigenvalue weighted by molar-refractivity contribution is 0.102. The second kappa shape index (κ2) is 7.35. The third-order valence-electron chi connectivity index (χ3n) is 5.35. The van der Waals surface area contributed by atoms with Crippen LogP contribution in [0.15, 0.2) is 47.4 Å². The molecule has 4 rings (SSSR count). The van der Waals surface area contributed by atoms with Crippen LogP contribution in [-0.4, -0.2) is 26.2 Å². The zero-order valence-electron chi connectivity index (χ0n) is 15.1. The van der Waals surface area contributed by atoms with Crippen LogP contribution < -0.4 is 10.1 Å². The van der Waals surface area contributed by atoms with Crippen molar-refractivity contribution >= 4 is 21.4 Å². The van der Waals surface area contributed by atoms with E-state index in [-0.39, 0.29) is 11.2 Å². The Morgan fingerprint density at radius 3 is 2.48 bits per heavy atom. The average Bonchev–Trinajstić information content (AvgIpc) is 3.24. The number of benzene rings is 2. The van der Waals surface area contributed by atoms with E-state index in [0.717, 1.165) is 56.4 Å². The van der Waals surface area contributed by atoms with Crippen LogP contribution in [0, 0.1) is 0 Å². The molecule has 1 heterocycles. The Hall–Kier alpha value is -2.34. The van der Waals surface area contributed by atoms with Gasteiger partial charge in [0.05, 0.1) is 16.8 Å². The van der Waals surface area contributed by atoms with Crippen molar-refractivity contribution < 1.29 is 17.9 Å². The Labute approximate surface area is 159 Å². The molecule has 1 fully saturated rings. The van der Waals surface area contributed by atoms with Gasteiger partial charge in [-0.05, 0) is 73.7 Å². The summed E-state index contributed by atoms with van der Waals surface area (Å²) >= 11 is 0. The van der Waals surface area contributed by atoms with Crippen LogP contribution in [0.1, 0.15) is 48.0 Å². The van der Waals surface area contributed by atoms with E-state index in [1.807, 2.05) is 18.2 Å². The molecule has 0 atom stereocenters. The summed E-state index contributed by atoms with van der Waals surface area (Å²) in [7, 11) is -3.30. The first kappa shape index (κ1) is 18.0. The second-order valence-corrected chi connectivity index (χ2v) is 9.43. The number of fused-ring (bicyclic) bond motifs is 1. The fourth-order valence-corrected chi connectivity index (χ4v) is 5.68. The molecule has 5 nitrogen and oxygen atoms in total. The van der Waals surface area contributed by atoms with Crippen molar-refractivity contribution in [1.29, 1.82) is 0 Å². The van der Waals surface area contributed by atoms with Gasteiger partial charge in [0.25, 0.3) is 5.91 Å². The highest BCUT2D eigenvalue weighted by Crippen LogP contribution is 2.30. The second-order valence-electron chi connectivity index (χ2n) is 7.20. The summed E-state index contributed by atoms with van der Waals surface area (Å²) in [6, 6.07) is 11.9. The van der Waals surface area contributed by atoms with Crippen molar-refractivity contribution in [3.63, 3.8) is 0 Å². The summed E-state index contributed by atoms with van der Waals surface area (Å²) in [5.41, 5.74) is 2.25. The third-order valence-corrected chi connectivity index (χ3v) is 7.63. The van der Waals surface area contributed by atoms with Gasteiger partial charge in [-0.2, -0.15) is 0 Å². The Morgan fingerprint density at radius 1 is 1.00 bits per heavy atom. The van der Waals surface area contributed by atoms with Gasteiger partial charge < -0.3 is 10.1 Å². The smallest absolute Gasteiger partial charge is 0.255 e. The van der Waals surface area contributed by atoms with E-state index in [4.69, 9.17) is 4.74 Å². The van der Waals surface area contributed by atoms with Crippen molar-refractivity contribution in [2.45, 2.75) is 48.7 Å².